The van der Waals surface area contributed by atoms with E-state index < -0.39 is 0 Å². The minimum absolute atomic E-state index is 0.914. The molecular formula is C124H72N16. The fourth-order valence-electron chi connectivity index (χ4n) is 26.2. The normalized spacial score (nSPS) is 13.5. The third kappa shape index (κ3) is 10.2. The van der Waals surface area contributed by atoms with E-state index in [2.05, 4.69) is 300 Å². The van der Waals surface area contributed by atoms with Gasteiger partial charge in [0.1, 0.15) is 44.7 Å². The van der Waals surface area contributed by atoms with Gasteiger partial charge >= 0.3 is 0 Å². The monoisotopic (exact) mass is 1780 g/mol. The summed E-state index contributed by atoms with van der Waals surface area (Å²) in [6.07, 6.45) is 38.2. The molecule has 140 heavy (non-hydrogen) atoms. The average molecular weight is 1790 g/mol. The van der Waals surface area contributed by atoms with Gasteiger partial charge in [0.05, 0.1) is 68.9 Å². The van der Waals surface area contributed by atoms with E-state index in [0.29, 0.717) is 0 Å². The highest BCUT2D eigenvalue weighted by atomic mass is 15.1. The second-order valence-electron chi connectivity index (χ2n) is 38.8. The van der Waals surface area contributed by atoms with Crippen LogP contribution in [-0.4, -0.2) is 77.4 Å². The second kappa shape index (κ2) is 27.7. The lowest BCUT2D eigenvalue weighted by molar-refractivity contribution is 1.16. The molecule has 648 valence electrons. The zero-order chi connectivity index (χ0) is 90.7. The van der Waals surface area contributed by atoms with E-state index in [1.54, 1.807) is 0 Å². The van der Waals surface area contributed by atoms with Gasteiger partial charge in [-0.25, -0.2) is 19.9 Å². The van der Waals surface area contributed by atoms with Gasteiger partial charge in [0.25, 0.3) is 0 Å². The SMILES string of the molecule is c1ccc2c(c1)Cc1c-2ccc2c1Cc1ccc3c4cnccc4n4c5ccncc5nc4c3c1-2.c1ccc2c(c1)Cc1cc3c(cc1-2)-c1c(ccc2c4cnccc4n4c5ccncc5nc4c12)C3.c1ccc2c(c1)Cc1cc3c(cc1-2)Cc1ccc2c4cnccc4n4c5ccncc5nc4c2c1-3.c1ccc2c(c1)Cc1ccc3c(c1-2)Cc1ccc2c4cnccc4n4c5ccncc5nc4c2c1-3. The predicted molar refractivity (Wildman–Crippen MR) is 559 cm³/mol. The molecule has 0 saturated heterocycles. The topological polar surface area (TPSA) is 172 Å². The molecule has 28 aromatic rings. The summed E-state index contributed by atoms with van der Waals surface area (Å²) in [4.78, 5) is 55.9. The standard InChI is InChI=1S/4C31H18N4/c1-2-4-20-17(3-1)13-18-5-7-21-23(28(18)20)14-19-6-8-22-24-15-32-11-9-26(24)35-27-10-12-33-16-25(27)34-31(35)30(22)29(19)21;1-2-4-21-17(3-1)11-19-14-24-20(13-23(19)21)12-18-5-6-22-25-15-32-9-7-27(25)35-28-8-10-33-16-26(28)34-31(35)30(22)29(18)24;1-2-4-21-17(3-1)11-19-13-20-12-18-5-6-22-25-15-32-9-7-27(25)35-28-8-10-33-16-26(28)34-31(35)30(22)29(18)24(20)14-23(19)21;1-2-4-19-17(3-1)13-23-20(19)7-8-21-24(23)14-18-5-6-22-25-15-32-11-9-27(25)35-28-10-12-33-16-26(28)34-31(35)30(22)29(18)21/h1-12,15-16H,13-14H2;2*1-10,13-16H,11-12H2;1-12,15-16H,13-14H2. The van der Waals surface area contributed by atoms with Crippen molar-refractivity contribution in [1.82, 2.24) is 77.4 Å². The average Bonchev–Trinajstić information content (AvgIpc) is 1.55. The maximum atomic E-state index is 5.13. The number of hydrogen-bond donors (Lipinski definition) is 0. The number of imidazole rings is 4. The highest BCUT2D eigenvalue weighted by molar-refractivity contribution is 6.25. The van der Waals surface area contributed by atoms with E-state index in [-0.39, 0.29) is 0 Å². The summed E-state index contributed by atoms with van der Waals surface area (Å²) in [7, 11) is 0. The molecule has 0 aliphatic heterocycles. The molecule has 16 heterocycles. The Balaban J connectivity index is 0.0000000829. The van der Waals surface area contributed by atoms with E-state index >= 15 is 0 Å². The summed E-state index contributed by atoms with van der Waals surface area (Å²) in [5.41, 5.74) is 61.1. The first-order valence-corrected chi connectivity index (χ1v) is 48.1. The molecule has 0 amide bonds. The van der Waals surface area contributed by atoms with Crippen molar-refractivity contribution in [2.75, 3.05) is 0 Å². The van der Waals surface area contributed by atoms with E-state index in [9.17, 15) is 0 Å². The van der Waals surface area contributed by atoms with Gasteiger partial charge in [-0.2, -0.15) is 0 Å². The van der Waals surface area contributed by atoms with Gasteiger partial charge < -0.3 is 0 Å². The molecule has 0 spiro atoms. The van der Waals surface area contributed by atoms with Crippen molar-refractivity contribution in [3.63, 3.8) is 0 Å². The first kappa shape index (κ1) is 75.1. The Morgan fingerprint density at radius 1 is 0.164 bits per heavy atom. The highest BCUT2D eigenvalue weighted by Gasteiger charge is 2.37. The quantitative estimate of drug-likeness (QED) is 0.132. The fourth-order valence-corrected chi connectivity index (χ4v) is 26.2. The summed E-state index contributed by atoms with van der Waals surface area (Å²) in [5.74, 6) is 0. The number of benzene rings is 12. The van der Waals surface area contributed by atoms with Crippen LogP contribution in [0.4, 0.5) is 0 Å². The lowest BCUT2D eigenvalue weighted by atomic mass is 9.93. The van der Waals surface area contributed by atoms with Gasteiger partial charge in [0, 0.05) is 117 Å². The molecular weight excluding hydrogens is 1710 g/mol. The minimum Gasteiger partial charge on any atom is -0.291 e. The van der Waals surface area contributed by atoms with Crippen molar-refractivity contribution in [2.45, 2.75) is 51.4 Å². The van der Waals surface area contributed by atoms with Crippen LogP contribution in [0.3, 0.4) is 0 Å². The lowest BCUT2D eigenvalue weighted by Crippen LogP contribution is -1.94. The van der Waals surface area contributed by atoms with Crippen molar-refractivity contribution in [1.29, 1.82) is 0 Å². The largest absolute Gasteiger partial charge is 0.291 e. The highest BCUT2D eigenvalue weighted by Crippen LogP contribution is 2.57. The van der Waals surface area contributed by atoms with Crippen molar-refractivity contribution >= 4 is 153 Å². The maximum Gasteiger partial charge on any atom is 0.147 e. The molecule has 16 aromatic heterocycles. The zero-order valence-electron chi connectivity index (χ0n) is 75.1. The van der Waals surface area contributed by atoms with E-state index in [4.69, 9.17) is 19.9 Å². The van der Waals surface area contributed by atoms with Crippen molar-refractivity contribution in [3.05, 3.63) is 431 Å². The van der Waals surface area contributed by atoms with Crippen molar-refractivity contribution in [3.8, 4) is 89.0 Å². The van der Waals surface area contributed by atoms with Crippen LogP contribution in [0.15, 0.2) is 342 Å². The molecule has 12 aromatic carbocycles. The number of rotatable bonds is 0. The lowest BCUT2D eigenvalue weighted by Gasteiger charge is -2.13. The summed E-state index contributed by atoms with van der Waals surface area (Å²) < 4.78 is 9.16. The molecule has 36 rings (SSSR count). The van der Waals surface area contributed by atoms with Crippen LogP contribution < -0.4 is 0 Å². The predicted octanol–water partition coefficient (Wildman–Crippen LogP) is 26.9. The Kier molecular flexibility index (Phi) is 14.9. The summed E-state index contributed by atoms with van der Waals surface area (Å²) in [6.45, 7) is 0. The van der Waals surface area contributed by atoms with Gasteiger partial charge in [-0.3, -0.25) is 57.5 Å². The molecule has 0 unspecified atom stereocenters. The van der Waals surface area contributed by atoms with E-state index in [0.717, 1.165) is 162 Å². The number of nitrogens with zero attached hydrogens (tertiary/aromatic N) is 16. The molecule has 8 aliphatic rings. The summed E-state index contributed by atoms with van der Waals surface area (Å²) >= 11 is 0. The number of aromatic nitrogens is 16. The fraction of sp³-hybridized carbons (Fsp3) is 0.0645. The van der Waals surface area contributed by atoms with Crippen LogP contribution in [0, 0.1) is 0 Å². The van der Waals surface area contributed by atoms with Gasteiger partial charge in [-0.05, 0) is 318 Å². The molecule has 0 saturated carbocycles. The number of pyridine rings is 12. The molecule has 16 nitrogen and oxygen atoms in total. The van der Waals surface area contributed by atoms with Gasteiger partial charge in [0.2, 0.25) is 0 Å². The Hall–Kier alpha value is -18.3. The second-order valence-corrected chi connectivity index (χ2v) is 38.8. The van der Waals surface area contributed by atoms with E-state index in [1.807, 2.05) is 99.1 Å². The van der Waals surface area contributed by atoms with Crippen LogP contribution in [-0.2, 0) is 51.4 Å². The number of fused-ring (bicyclic) bond motifs is 62. The third-order valence-electron chi connectivity index (χ3n) is 32.0. The zero-order valence-corrected chi connectivity index (χ0v) is 75.1. The Labute approximate surface area is 796 Å². The Bertz CT molecular complexity index is 10300. The molecule has 0 bridgehead atoms. The van der Waals surface area contributed by atoms with Gasteiger partial charge in [-0.1, -0.05) is 176 Å². The Morgan fingerprint density at radius 2 is 0.436 bits per heavy atom. The molecule has 8 aliphatic carbocycles. The first-order valence-electron chi connectivity index (χ1n) is 48.1. The molecule has 0 fully saturated rings. The minimum atomic E-state index is 0.914. The summed E-state index contributed by atoms with van der Waals surface area (Å²) in [6, 6.07) is 89.4. The molecule has 0 N–H and O–H groups in total. The van der Waals surface area contributed by atoms with Gasteiger partial charge in [-0.15, -0.1) is 0 Å². The first-order chi connectivity index (χ1) is 69.4. The Morgan fingerprint density at radius 3 is 0.886 bits per heavy atom. The number of hydrogen-bond acceptors (Lipinski definition) is 12. The van der Waals surface area contributed by atoms with Crippen LogP contribution in [0.1, 0.15) is 89.0 Å². The third-order valence-corrected chi connectivity index (χ3v) is 32.0. The maximum absolute atomic E-state index is 5.13. The molecule has 0 atom stereocenters. The van der Waals surface area contributed by atoms with E-state index in [1.165, 1.54) is 221 Å². The molecule has 0 radical (unpaired) electrons. The summed E-state index contributed by atoms with van der Waals surface area (Å²) in [5, 5.41) is 14.3. The van der Waals surface area contributed by atoms with Crippen molar-refractivity contribution < 1.29 is 0 Å². The van der Waals surface area contributed by atoms with Gasteiger partial charge in [0.15, 0.2) is 0 Å². The van der Waals surface area contributed by atoms with Crippen LogP contribution in [0.5, 0.6) is 0 Å². The van der Waals surface area contributed by atoms with Crippen LogP contribution in [0.2, 0.25) is 0 Å². The molecule has 16 heteroatoms. The van der Waals surface area contributed by atoms with Crippen LogP contribution in [0.25, 0.3) is 242 Å². The smallest absolute Gasteiger partial charge is 0.147 e. The van der Waals surface area contributed by atoms with Crippen molar-refractivity contribution in [2.24, 2.45) is 0 Å². The van der Waals surface area contributed by atoms with Crippen LogP contribution >= 0.6 is 0 Å².